The molecule has 5 heteroatoms. The van der Waals surface area contributed by atoms with E-state index < -0.39 is 0 Å². The minimum Gasteiger partial charge on any atom is -0.507 e. The Hall–Kier alpha value is -6.98. The van der Waals surface area contributed by atoms with Crippen LogP contribution >= 0.6 is 0 Å². The van der Waals surface area contributed by atoms with E-state index in [9.17, 15) is 5.11 Å². The third-order valence-corrected chi connectivity index (χ3v) is 11.7. The molecule has 7 aromatic carbocycles. The molecule has 10 rings (SSSR count). The van der Waals surface area contributed by atoms with Crippen LogP contribution in [0.1, 0.15) is 52.7 Å². The molecule has 0 fully saturated rings. The molecule has 0 saturated carbocycles. The van der Waals surface area contributed by atoms with E-state index in [1.807, 2.05) is 24.4 Å². The summed E-state index contributed by atoms with van der Waals surface area (Å²) in [7, 11) is 0. The number of para-hydroxylation sites is 2. The second-order valence-corrected chi connectivity index (χ2v) is 17.7. The maximum atomic E-state index is 11.4. The highest BCUT2D eigenvalue weighted by Crippen LogP contribution is 2.43. The molecule has 0 radical (unpaired) electrons. The van der Waals surface area contributed by atoms with Gasteiger partial charge in [0.25, 0.3) is 0 Å². The summed E-state index contributed by atoms with van der Waals surface area (Å²) >= 11 is 0. The van der Waals surface area contributed by atoms with Crippen LogP contribution in [0.2, 0.25) is 0 Å². The van der Waals surface area contributed by atoms with E-state index in [1.165, 1.54) is 16.5 Å². The summed E-state index contributed by atoms with van der Waals surface area (Å²) < 4.78 is 8.72. The maximum Gasteiger partial charge on any atom is 0.149 e. The van der Waals surface area contributed by atoms with Gasteiger partial charge in [-0.15, -0.1) is 0 Å². The van der Waals surface area contributed by atoms with Crippen LogP contribution in [0.15, 0.2) is 162 Å². The summed E-state index contributed by atoms with van der Waals surface area (Å²) in [6.07, 6.45) is 1.96. The van der Waals surface area contributed by atoms with Crippen LogP contribution in [-0.4, -0.2) is 19.6 Å². The van der Waals surface area contributed by atoms with Crippen molar-refractivity contribution >= 4 is 43.7 Å². The zero-order valence-corrected chi connectivity index (χ0v) is 34.2. The zero-order valence-electron chi connectivity index (χ0n) is 34.2. The Morgan fingerprint density at radius 3 is 2.07 bits per heavy atom. The number of hydrogen-bond donors (Lipinski definition) is 1. The first-order valence-electron chi connectivity index (χ1n) is 20.3. The molecule has 0 saturated heterocycles. The molecule has 3 aromatic heterocycles. The Kier molecular flexibility index (Phi) is 8.36. The number of hydrogen-bond acceptors (Lipinski definition) is 4. The van der Waals surface area contributed by atoms with Gasteiger partial charge in [-0.05, 0) is 92.4 Å². The highest BCUT2D eigenvalue weighted by atomic mass is 16.3. The number of phenolic OH excluding ortho intramolecular Hbond substituents is 1. The Morgan fingerprint density at radius 2 is 1.27 bits per heavy atom. The Balaban J connectivity index is 1.21. The van der Waals surface area contributed by atoms with Gasteiger partial charge in [0.2, 0.25) is 0 Å². The van der Waals surface area contributed by atoms with Crippen molar-refractivity contribution < 1.29 is 9.52 Å². The maximum absolute atomic E-state index is 11.4. The van der Waals surface area contributed by atoms with Crippen LogP contribution in [0.5, 0.6) is 5.75 Å². The lowest BCUT2D eigenvalue weighted by Gasteiger charge is -2.23. The van der Waals surface area contributed by atoms with E-state index in [0.29, 0.717) is 11.4 Å². The number of nitrogens with zero attached hydrogens (tertiary/aromatic N) is 3. The second kappa shape index (κ2) is 13.6. The zero-order chi connectivity index (χ0) is 40.6. The lowest BCUT2D eigenvalue weighted by molar-refractivity contribution is 0.477. The van der Waals surface area contributed by atoms with Crippen LogP contribution < -0.4 is 0 Å². The molecule has 288 valence electrons. The monoisotopic (exact) mass is 767 g/mol. The Labute approximate surface area is 344 Å². The lowest BCUT2D eigenvalue weighted by Crippen LogP contribution is -2.12. The number of benzene rings is 7. The fourth-order valence-corrected chi connectivity index (χ4v) is 8.43. The fraction of sp³-hybridized carbons (Fsp3) is 0.148. The fourth-order valence-electron chi connectivity index (χ4n) is 8.43. The van der Waals surface area contributed by atoms with E-state index in [4.69, 9.17) is 14.4 Å². The molecule has 0 aliphatic carbocycles. The van der Waals surface area contributed by atoms with Gasteiger partial charge in [-0.1, -0.05) is 139 Å². The molecule has 0 aliphatic rings. The Morgan fingerprint density at radius 1 is 0.542 bits per heavy atom. The molecule has 3 heterocycles. The topological polar surface area (TPSA) is 64.1 Å². The summed E-state index contributed by atoms with van der Waals surface area (Å²) in [5, 5.41) is 15.8. The number of fused-ring (bicyclic) bond motifs is 6. The second-order valence-electron chi connectivity index (χ2n) is 17.7. The molecule has 1 N–H and O–H groups in total. The molecular formula is C54H45N3O2. The molecular weight excluding hydrogens is 723 g/mol. The van der Waals surface area contributed by atoms with Gasteiger partial charge >= 0.3 is 0 Å². The first kappa shape index (κ1) is 36.4. The van der Waals surface area contributed by atoms with Crippen LogP contribution in [0.4, 0.5) is 0 Å². The van der Waals surface area contributed by atoms with Crippen LogP contribution in [0, 0.1) is 0 Å². The van der Waals surface area contributed by atoms with Crippen LogP contribution in [0.3, 0.4) is 0 Å². The van der Waals surface area contributed by atoms with Crippen molar-refractivity contribution in [3.8, 4) is 56.3 Å². The third-order valence-electron chi connectivity index (χ3n) is 11.7. The highest BCUT2D eigenvalue weighted by Gasteiger charge is 2.25. The normalized spacial score (nSPS) is 12.3. The predicted molar refractivity (Wildman–Crippen MR) is 244 cm³/mol. The molecule has 0 spiro atoms. The van der Waals surface area contributed by atoms with Gasteiger partial charge in [-0.3, -0.25) is 9.55 Å². The molecule has 0 amide bonds. The lowest BCUT2D eigenvalue weighted by atomic mass is 9.83. The molecule has 0 atom stereocenters. The number of furan rings is 1. The van der Waals surface area contributed by atoms with Gasteiger partial charge in [0.1, 0.15) is 22.7 Å². The van der Waals surface area contributed by atoms with Crippen molar-refractivity contribution in [2.24, 2.45) is 0 Å². The number of rotatable bonds is 5. The minimum atomic E-state index is -0.152. The smallest absolute Gasteiger partial charge is 0.149 e. The summed E-state index contributed by atoms with van der Waals surface area (Å²) in [5.74, 6) is 0.846. The average molecular weight is 768 g/mol. The number of pyridine rings is 1. The van der Waals surface area contributed by atoms with Crippen molar-refractivity contribution in [2.75, 3.05) is 0 Å². The average Bonchev–Trinajstić information content (AvgIpc) is 3.82. The molecule has 0 aliphatic heterocycles. The Bertz CT molecular complexity index is 3250. The number of aromatic nitrogens is 3. The van der Waals surface area contributed by atoms with E-state index in [2.05, 4.69) is 174 Å². The van der Waals surface area contributed by atoms with Crippen molar-refractivity contribution in [2.45, 2.75) is 52.4 Å². The number of imidazole rings is 1. The summed E-state index contributed by atoms with van der Waals surface area (Å²) in [4.78, 5) is 10.5. The molecule has 59 heavy (non-hydrogen) atoms. The van der Waals surface area contributed by atoms with Gasteiger partial charge < -0.3 is 9.52 Å². The summed E-state index contributed by atoms with van der Waals surface area (Å²) in [6.45, 7) is 13.5. The largest absolute Gasteiger partial charge is 0.507 e. The molecule has 5 nitrogen and oxygen atoms in total. The van der Waals surface area contributed by atoms with Gasteiger partial charge in [0, 0.05) is 39.7 Å². The van der Waals surface area contributed by atoms with E-state index in [-0.39, 0.29) is 16.6 Å². The molecule has 0 bridgehead atoms. The van der Waals surface area contributed by atoms with Crippen LogP contribution in [-0.2, 0) is 10.8 Å². The van der Waals surface area contributed by atoms with Crippen molar-refractivity contribution in [3.63, 3.8) is 0 Å². The van der Waals surface area contributed by atoms with Gasteiger partial charge in [-0.25, -0.2) is 4.98 Å². The van der Waals surface area contributed by atoms with Crippen LogP contribution in [0.25, 0.3) is 94.3 Å². The van der Waals surface area contributed by atoms with Crippen molar-refractivity contribution in [3.05, 3.63) is 169 Å². The van der Waals surface area contributed by atoms with Crippen molar-refractivity contribution in [1.82, 2.24) is 14.5 Å². The highest BCUT2D eigenvalue weighted by molar-refractivity contribution is 6.18. The first-order valence-corrected chi connectivity index (χ1v) is 20.3. The van der Waals surface area contributed by atoms with E-state index in [0.717, 1.165) is 77.6 Å². The number of phenols is 1. The van der Waals surface area contributed by atoms with E-state index >= 15 is 0 Å². The summed E-state index contributed by atoms with van der Waals surface area (Å²) in [6, 6.07) is 52.6. The van der Waals surface area contributed by atoms with E-state index in [1.54, 1.807) is 6.07 Å². The minimum absolute atomic E-state index is 0.0548. The SMILES string of the molecule is CC(C)(C)c1cc(-c2cc3oc4ccc5ccccc5c4c3cn2)cc(-c2cccc3c2nc(-c2ccccc2O)n3-c2ccc(C(C)(C)C)cc2-c2ccccc2)c1. The molecule has 0 unspecified atom stereocenters. The first-order chi connectivity index (χ1) is 28.4. The third kappa shape index (κ3) is 6.25. The quantitative estimate of drug-likeness (QED) is 0.189. The summed E-state index contributed by atoms with van der Waals surface area (Å²) in [5.41, 5.74) is 13.4. The standard InChI is InChI=1S/C54H45N3O2/c1-53(2,3)37-24-25-45(42(30-37)33-15-8-7-9-16-33)57-46-21-14-20-40(51(46)56-52(57)41-19-12-13-22-47(41)58)35-27-36(29-38(28-35)54(4,5)6)44-31-49-43(32-55-44)50-39-18-11-10-17-34(39)23-26-48(50)59-49/h7-32,58H,1-6H3. The predicted octanol–water partition coefficient (Wildman–Crippen LogP) is 14.4. The van der Waals surface area contributed by atoms with Gasteiger partial charge in [-0.2, -0.15) is 0 Å². The van der Waals surface area contributed by atoms with Gasteiger partial charge in [0.05, 0.1) is 28.0 Å². The molecule has 10 aromatic rings. The van der Waals surface area contributed by atoms with Gasteiger partial charge in [0.15, 0.2) is 0 Å². The van der Waals surface area contributed by atoms with Crippen molar-refractivity contribution in [1.29, 1.82) is 0 Å². The number of aromatic hydroxyl groups is 1.